The van der Waals surface area contributed by atoms with Crippen molar-refractivity contribution in [1.82, 2.24) is 10.1 Å². The third-order valence-electron chi connectivity index (χ3n) is 2.41. The van der Waals surface area contributed by atoms with Gasteiger partial charge in [0.2, 0.25) is 0 Å². The fourth-order valence-corrected chi connectivity index (χ4v) is 1.83. The molecule has 0 saturated heterocycles. The zero-order valence-corrected chi connectivity index (χ0v) is 12.0. The third kappa shape index (κ3) is 3.20. The van der Waals surface area contributed by atoms with Crippen molar-refractivity contribution in [2.45, 2.75) is 12.8 Å². The molecular formula is C12H13IN2O3. The minimum absolute atomic E-state index is 0.215. The monoisotopic (exact) mass is 360 g/mol. The predicted octanol–water partition coefficient (Wildman–Crippen LogP) is 2.63. The Morgan fingerprint density at radius 3 is 3.00 bits per heavy atom. The Kier molecular flexibility index (Phi) is 4.54. The zero-order chi connectivity index (χ0) is 13.0. The van der Waals surface area contributed by atoms with Crippen molar-refractivity contribution in [2.75, 3.05) is 13.7 Å². The first-order valence-electron chi connectivity index (χ1n) is 5.51. The van der Waals surface area contributed by atoms with E-state index in [9.17, 15) is 5.11 Å². The van der Waals surface area contributed by atoms with Crippen molar-refractivity contribution in [3.8, 4) is 17.2 Å². The topological polar surface area (TPSA) is 68.4 Å². The van der Waals surface area contributed by atoms with E-state index in [1.54, 1.807) is 19.2 Å². The van der Waals surface area contributed by atoms with Crippen molar-refractivity contribution < 1.29 is 14.4 Å². The molecule has 2 aromatic rings. The summed E-state index contributed by atoms with van der Waals surface area (Å²) in [7, 11) is 1.66. The molecular weight excluding hydrogens is 347 g/mol. The van der Waals surface area contributed by atoms with Crippen LogP contribution in [-0.2, 0) is 11.2 Å². The molecule has 6 heteroatoms. The van der Waals surface area contributed by atoms with Gasteiger partial charge in [-0.3, -0.25) is 0 Å². The number of halogens is 1. The number of aryl methyl sites for hydroxylation is 1. The van der Waals surface area contributed by atoms with Gasteiger partial charge in [0.15, 0.2) is 5.82 Å². The summed E-state index contributed by atoms with van der Waals surface area (Å²) in [4.78, 5) is 4.28. The molecule has 96 valence electrons. The fourth-order valence-electron chi connectivity index (χ4n) is 1.49. The molecule has 0 aliphatic carbocycles. The average molecular weight is 360 g/mol. The van der Waals surface area contributed by atoms with Gasteiger partial charge in [-0.15, -0.1) is 0 Å². The SMILES string of the molecule is COCCCc1noc(-c2ccc(I)c(O)c2)n1. The van der Waals surface area contributed by atoms with E-state index in [4.69, 9.17) is 9.26 Å². The Balaban J connectivity index is 2.11. The number of hydrogen-bond acceptors (Lipinski definition) is 5. The van der Waals surface area contributed by atoms with Gasteiger partial charge in [-0.05, 0) is 47.2 Å². The highest BCUT2D eigenvalue weighted by molar-refractivity contribution is 14.1. The van der Waals surface area contributed by atoms with Gasteiger partial charge in [-0.25, -0.2) is 0 Å². The second-order valence-corrected chi connectivity index (χ2v) is 4.94. The van der Waals surface area contributed by atoms with Crippen LogP contribution in [0.1, 0.15) is 12.2 Å². The fraction of sp³-hybridized carbons (Fsp3) is 0.333. The van der Waals surface area contributed by atoms with Gasteiger partial charge in [0.25, 0.3) is 5.89 Å². The van der Waals surface area contributed by atoms with Crippen LogP contribution in [0, 0.1) is 3.57 Å². The number of methoxy groups -OCH3 is 1. The first-order valence-corrected chi connectivity index (χ1v) is 6.59. The van der Waals surface area contributed by atoms with Crippen LogP contribution in [0.15, 0.2) is 22.7 Å². The summed E-state index contributed by atoms with van der Waals surface area (Å²) in [6, 6.07) is 5.27. The van der Waals surface area contributed by atoms with E-state index in [-0.39, 0.29) is 5.75 Å². The van der Waals surface area contributed by atoms with Gasteiger partial charge in [0, 0.05) is 25.7 Å². The van der Waals surface area contributed by atoms with Gasteiger partial charge in [-0.1, -0.05) is 5.16 Å². The Hall–Kier alpha value is -1.15. The number of nitrogens with zero attached hydrogens (tertiary/aromatic N) is 2. The van der Waals surface area contributed by atoms with E-state index < -0.39 is 0 Å². The summed E-state index contributed by atoms with van der Waals surface area (Å²) in [6.07, 6.45) is 1.57. The maximum absolute atomic E-state index is 9.63. The third-order valence-corrected chi connectivity index (χ3v) is 3.32. The minimum Gasteiger partial charge on any atom is -0.507 e. The lowest BCUT2D eigenvalue weighted by Gasteiger charge is -1.98. The van der Waals surface area contributed by atoms with E-state index in [0.717, 1.165) is 15.6 Å². The summed E-state index contributed by atoms with van der Waals surface area (Å²) in [6.45, 7) is 0.675. The van der Waals surface area contributed by atoms with Crippen LogP contribution in [0.25, 0.3) is 11.5 Å². The molecule has 0 atom stereocenters. The molecule has 0 spiro atoms. The number of hydrogen-bond donors (Lipinski definition) is 1. The lowest BCUT2D eigenvalue weighted by Crippen LogP contribution is -1.94. The minimum atomic E-state index is 0.215. The van der Waals surface area contributed by atoms with E-state index in [2.05, 4.69) is 32.7 Å². The highest BCUT2D eigenvalue weighted by atomic mass is 127. The highest BCUT2D eigenvalue weighted by Gasteiger charge is 2.10. The number of aromatic hydroxyl groups is 1. The van der Waals surface area contributed by atoms with Crippen LogP contribution in [0.4, 0.5) is 0 Å². The average Bonchev–Trinajstić information content (AvgIpc) is 2.82. The Morgan fingerprint density at radius 1 is 1.44 bits per heavy atom. The molecule has 5 nitrogen and oxygen atoms in total. The molecule has 0 unspecified atom stereocenters. The Morgan fingerprint density at radius 2 is 2.28 bits per heavy atom. The largest absolute Gasteiger partial charge is 0.507 e. The van der Waals surface area contributed by atoms with Crippen LogP contribution < -0.4 is 0 Å². The van der Waals surface area contributed by atoms with Gasteiger partial charge in [-0.2, -0.15) is 4.98 Å². The number of phenols is 1. The molecule has 0 fully saturated rings. The molecule has 0 saturated carbocycles. The van der Waals surface area contributed by atoms with E-state index in [0.29, 0.717) is 24.7 Å². The van der Waals surface area contributed by atoms with Crippen molar-refractivity contribution in [2.24, 2.45) is 0 Å². The first-order chi connectivity index (χ1) is 8.70. The summed E-state index contributed by atoms with van der Waals surface area (Å²) in [5.41, 5.74) is 0.721. The molecule has 1 aromatic heterocycles. The Bertz CT molecular complexity index is 528. The summed E-state index contributed by atoms with van der Waals surface area (Å²) in [5.74, 6) is 1.29. The summed E-state index contributed by atoms with van der Waals surface area (Å²) < 4.78 is 10.9. The quantitative estimate of drug-likeness (QED) is 0.656. The summed E-state index contributed by atoms with van der Waals surface area (Å²) >= 11 is 2.06. The second kappa shape index (κ2) is 6.14. The van der Waals surface area contributed by atoms with Crippen LogP contribution >= 0.6 is 22.6 Å². The first kappa shape index (κ1) is 13.3. The van der Waals surface area contributed by atoms with Crippen molar-refractivity contribution in [3.05, 3.63) is 27.6 Å². The van der Waals surface area contributed by atoms with Gasteiger partial charge >= 0.3 is 0 Å². The maximum atomic E-state index is 9.63. The second-order valence-electron chi connectivity index (χ2n) is 3.78. The summed E-state index contributed by atoms with van der Waals surface area (Å²) in [5, 5.41) is 13.5. The molecule has 0 amide bonds. The molecule has 0 aliphatic rings. The number of benzene rings is 1. The molecule has 2 rings (SSSR count). The Labute approximate surface area is 118 Å². The van der Waals surface area contributed by atoms with Crippen molar-refractivity contribution in [1.29, 1.82) is 0 Å². The van der Waals surface area contributed by atoms with Crippen LogP contribution in [0.2, 0.25) is 0 Å². The number of rotatable bonds is 5. The van der Waals surface area contributed by atoms with E-state index in [1.165, 1.54) is 0 Å². The molecule has 18 heavy (non-hydrogen) atoms. The normalized spacial score (nSPS) is 10.8. The van der Waals surface area contributed by atoms with Crippen molar-refractivity contribution >= 4 is 22.6 Å². The number of aromatic nitrogens is 2. The lowest BCUT2D eigenvalue weighted by atomic mass is 10.2. The van der Waals surface area contributed by atoms with Crippen LogP contribution in [0.3, 0.4) is 0 Å². The van der Waals surface area contributed by atoms with E-state index in [1.807, 2.05) is 6.07 Å². The number of ether oxygens (including phenoxy) is 1. The molecule has 0 radical (unpaired) electrons. The van der Waals surface area contributed by atoms with Crippen molar-refractivity contribution in [3.63, 3.8) is 0 Å². The maximum Gasteiger partial charge on any atom is 0.258 e. The van der Waals surface area contributed by atoms with Gasteiger partial charge in [0.1, 0.15) is 5.75 Å². The predicted molar refractivity (Wildman–Crippen MR) is 74.3 cm³/mol. The van der Waals surface area contributed by atoms with Gasteiger partial charge < -0.3 is 14.4 Å². The highest BCUT2D eigenvalue weighted by Crippen LogP contribution is 2.26. The number of phenolic OH excluding ortho intramolecular Hbond substituents is 1. The smallest absolute Gasteiger partial charge is 0.258 e. The standard InChI is InChI=1S/C12H13IN2O3/c1-17-6-2-3-11-14-12(18-15-11)8-4-5-9(13)10(16)7-8/h4-5,7,16H,2-3,6H2,1H3. The molecule has 0 aliphatic heterocycles. The molecule has 1 aromatic carbocycles. The van der Waals surface area contributed by atoms with E-state index >= 15 is 0 Å². The lowest BCUT2D eigenvalue weighted by molar-refractivity contribution is 0.194. The zero-order valence-electron chi connectivity index (χ0n) is 9.89. The van der Waals surface area contributed by atoms with Crippen LogP contribution in [-0.4, -0.2) is 29.0 Å². The van der Waals surface area contributed by atoms with Crippen LogP contribution in [0.5, 0.6) is 5.75 Å². The molecule has 0 bridgehead atoms. The van der Waals surface area contributed by atoms with Gasteiger partial charge in [0.05, 0.1) is 3.57 Å². The molecule has 1 N–H and O–H groups in total. The molecule has 1 heterocycles.